The highest BCUT2D eigenvalue weighted by molar-refractivity contribution is 7.89. The summed E-state index contributed by atoms with van der Waals surface area (Å²) in [5.41, 5.74) is -0.422. The Hall–Kier alpha value is -0.920. The fraction of sp³-hybridized carbons (Fsp3) is 0.700. The third-order valence-corrected chi connectivity index (χ3v) is 4.96. The van der Waals surface area contributed by atoms with Crippen LogP contribution in [0.2, 0.25) is 0 Å². The molecule has 2 heterocycles. The summed E-state index contributed by atoms with van der Waals surface area (Å²) in [5.74, 6) is 0. The normalized spacial score (nSPS) is 21.6. The number of nitrogens with one attached hydrogen (secondary N) is 1. The van der Waals surface area contributed by atoms with Gasteiger partial charge < -0.3 is 9.88 Å². The van der Waals surface area contributed by atoms with Gasteiger partial charge in [0.1, 0.15) is 0 Å². The molecule has 1 aliphatic heterocycles. The Bertz CT molecular complexity index is 506. The molecular weight excluding hydrogens is 240 g/mol. The fourth-order valence-electron chi connectivity index (χ4n) is 2.05. The van der Waals surface area contributed by atoms with Crippen molar-refractivity contribution < 1.29 is 8.42 Å². The van der Waals surface area contributed by atoms with Crippen molar-refractivity contribution in [2.24, 2.45) is 7.05 Å². The van der Waals surface area contributed by atoms with E-state index in [9.17, 15) is 8.42 Å². The van der Waals surface area contributed by atoms with Gasteiger partial charge in [0.2, 0.25) is 0 Å². The van der Waals surface area contributed by atoms with E-state index in [1.165, 1.54) is 16.8 Å². The van der Waals surface area contributed by atoms with Gasteiger partial charge in [0.15, 0.2) is 5.03 Å². The van der Waals surface area contributed by atoms with Crippen LogP contribution >= 0.6 is 0 Å². The van der Waals surface area contributed by atoms with Crippen molar-refractivity contribution in [1.82, 2.24) is 19.2 Å². The highest BCUT2D eigenvalue weighted by Gasteiger charge is 2.39. The molecule has 1 N–H and O–H groups in total. The standard InChI is InChI=1S/C10H18N4O2S/c1-10(2)7-11-4-5-14(10)17(15,16)9-6-13(3)8-12-9/h6,8,11H,4-5,7H2,1-3H3. The van der Waals surface area contributed by atoms with Crippen LogP contribution in [0.15, 0.2) is 17.6 Å². The molecule has 0 atom stereocenters. The number of piperazine rings is 1. The van der Waals surface area contributed by atoms with Crippen LogP contribution in [0.3, 0.4) is 0 Å². The number of hydrogen-bond donors (Lipinski definition) is 1. The Morgan fingerprint density at radius 1 is 1.47 bits per heavy atom. The maximum absolute atomic E-state index is 12.4. The lowest BCUT2D eigenvalue weighted by atomic mass is 10.0. The number of aryl methyl sites for hydroxylation is 1. The molecule has 0 saturated carbocycles. The number of aromatic nitrogens is 2. The van der Waals surface area contributed by atoms with Crippen LogP contribution in [-0.2, 0) is 17.1 Å². The minimum Gasteiger partial charge on any atom is -0.339 e. The number of sulfonamides is 1. The van der Waals surface area contributed by atoms with Crippen molar-refractivity contribution in [2.45, 2.75) is 24.4 Å². The highest BCUT2D eigenvalue weighted by Crippen LogP contribution is 2.24. The first-order valence-corrected chi connectivity index (χ1v) is 6.99. The van der Waals surface area contributed by atoms with Crippen LogP contribution < -0.4 is 5.32 Å². The highest BCUT2D eigenvalue weighted by atomic mass is 32.2. The van der Waals surface area contributed by atoms with E-state index in [-0.39, 0.29) is 5.03 Å². The fourth-order valence-corrected chi connectivity index (χ4v) is 3.80. The predicted molar refractivity (Wildman–Crippen MR) is 64.0 cm³/mol. The molecule has 0 unspecified atom stereocenters. The quantitative estimate of drug-likeness (QED) is 0.797. The summed E-state index contributed by atoms with van der Waals surface area (Å²) in [6.45, 7) is 5.64. The van der Waals surface area contributed by atoms with E-state index in [1.807, 2.05) is 13.8 Å². The van der Waals surface area contributed by atoms with Crippen molar-refractivity contribution in [3.8, 4) is 0 Å². The lowest BCUT2D eigenvalue weighted by molar-refractivity contribution is 0.185. The van der Waals surface area contributed by atoms with E-state index in [4.69, 9.17) is 0 Å². The molecule has 17 heavy (non-hydrogen) atoms. The molecule has 1 saturated heterocycles. The molecule has 96 valence electrons. The van der Waals surface area contributed by atoms with Crippen LogP contribution in [-0.4, -0.2) is 47.4 Å². The second kappa shape index (κ2) is 4.08. The molecule has 0 aromatic carbocycles. The second-order valence-electron chi connectivity index (χ2n) is 4.94. The average Bonchev–Trinajstić information content (AvgIpc) is 2.64. The first kappa shape index (κ1) is 12.5. The van der Waals surface area contributed by atoms with Crippen molar-refractivity contribution in [1.29, 1.82) is 0 Å². The zero-order chi connectivity index (χ0) is 12.7. The van der Waals surface area contributed by atoms with Gasteiger partial charge in [0.05, 0.1) is 6.33 Å². The van der Waals surface area contributed by atoms with Gasteiger partial charge in [0, 0.05) is 38.4 Å². The lowest BCUT2D eigenvalue weighted by Crippen LogP contribution is -2.59. The van der Waals surface area contributed by atoms with Gasteiger partial charge >= 0.3 is 0 Å². The molecule has 1 aromatic rings. The van der Waals surface area contributed by atoms with E-state index in [1.54, 1.807) is 11.6 Å². The van der Waals surface area contributed by atoms with E-state index >= 15 is 0 Å². The van der Waals surface area contributed by atoms with Crippen molar-refractivity contribution in [3.63, 3.8) is 0 Å². The summed E-state index contributed by atoms with van der Waals surface area (Å²) in [6, 6.07) is 0. The molecule has 0 radical (unpaired) electrons. The molecule has 1 fully saturated rings. The zero-order valence-electron chi connectivity index (χ0n) is 10.3. The summed E-state index contributed by atoms with van der Waals surface area (Å²) in [5, 5.41) is 3.32. The molecule has 6 nitrogen and oxygen atoms in total. The summed E-state index contributed by atoms with van der Waals surface area (Å²) in [4.78, 5) is 3.94. The van der Waals surface area contributed by atoms with E-state index in [0.29, 0.717) is 19.6 Å². The molecular formula is C10H18N4O2S. The summed E-state index contributed by atoms with van der Waals surface area (Å²) < 4.78 is 28.0. The first-order valence-electron chi connectivity index (χ1n) is 5.55. The Balaban J connectivity index is 2.38. The Kier molecular flexibility index (Phi) is 3.01. The topological polar surface area (TPSA) is 67.2 Å². The third kappa shape index (κ3) is 2.22. The molecule has 0 spiro atoms. The van der Waals surface area contributed by atoms with Crippen molar-refractivity contribution >= 4 is 10.0 Å². The summed E-state index contributed by atoms with van der Waals surface area (Å²) >= 11 is 0. The van der Waals surface area contributed by atoms with Crippen LogP contribution in [0.25, 0.3) is 0 Å². The summed E-state index contributed by atoms with van der Waals surface area (Å²) in [7, 11) is -1.73. The molecule has 0 amide bonds. The molecule has 7 heteroatoms. The van der Waals surface area contributed by atoms with Crippen LogP contribution in [0.1, 0.15) is 13.8 Å². The van der Waals surface area contributed by atoms with E-state index < -0.39 is 15.6 Å². The minimum absolute atomic E-state index is 0.120. The Morgan fingerprint density at radius 2 is 2.18 bits per heavy atom. The van der Waals surface area contributed by atoms with Gasteiger partial charge in [-0.2, -0.15) is 4.31 Å². The number of imidazole rings is 1. The number of rotatable bonds is 2. The van der Waals surface area contributed by atoms with Crippen LogP contribution in [0, 0.1) is 0 Å². The SMILES string of the molecule is Cn1cnc(S(=O)(=O)N2CCNCC2(C)C)c1. The van der Waals surface area contributed by atoms with E-state index in [2.05, 4.69) is 10.3 Å². The monoisotopic (exact) mass is 258 g/mol. The Morgan fingerprint density at radius 3 is 2.71 bits per heavy atom. The van der Waals surface area contributed by atoms with Crippen LogP contribution in [0.4, 0.5) is 0 Å². The lowest BCUT2D eigenvalue weighted by Gasteiger charge is -2.40. The summed E-state index contributed by atoms with van der Waals surface area (Å²) in [6.07, 6.45) is 3.04. The minimum atomic E-state index is -3.49. The van der Waals surface area contributed by atoms with Gasteiger partial charge in [-0.05, 0) is 13.8 Å². The van der Waals surface area contributed by atoms with Gasteiger partial charge in [-0.1, -0.05) is 0 Å². The molecule has 0 bridgehead atoms. The molecule has 0 aliphatic carbocycles. The Labute approximate surface area is 102 Å². The van der Waals surface area contributed by atoms with Crippen molar-refractivity contribution in [2.75, 3.05) is 19.6 Å². The molecule has 1 aliphatic rings. The number of hydrogen-bond acceptors (Lipinski definition) is 4. The van der Waals surface area contributed by atoms with Gasteiger partial charge in [-0.15, -0.1) is 0 Å². The van der Waals surface area contributed by atoms with Gasteiger partial charge in [-0.25, -0.2) is 13.4 Å². The van der Waals surface area contributed by atoms with E-state index in [0.717, 1.165) is 0 Å². The van der Waals surface area contributed by atoms with Crippen LogP contribution in [0.5, 0.6) is 0 Å². The third-order valence-electron chi connectivity index (χ3n) is 2.96. The van der Waals surface area contributed by atoms with Gasteiger partial charge in [-0.3, -0.25) is 0 Å². The second-order valence-corrected chi connectivity index (χ2v) is 6.75. The number of nitrogens with zero attached hydrogens (tertiary/aromatic N) is 3. The maximum Gasteiger partial charge on any atom is 0.262 e. The maximum atomic E-state index is 12.4. The van der Waals surface area contributed by atoms with Gasteiger partial charge in [0.25, 0.3) is 10.0 Å². The zero-order valence-corrected chi connectivity index (χ0v) is 11.2. The molecule has 2 rings (SSSR count). The average molecular weight is 258 g/mol. The van der Waals surface area contributed by atoms with Crippen molar-refractivity contribution in [3.05, 3.63) is 12.5 Å². The first-order chi connectivity index (χ1) is 7.84. The predicted octanol–water partition coefficient (Wildman–Crippen LogP) is -0.207. The smallest absolute Gasteiger partial charge is 0.262 e. The largest absolute Gasteiger partial charge is 0.339 e. The molecule has 1 aromatic heterocycles.